The smallest absolute Gasteiger partial charge is 0.0219 e. The molecule has 0 aliphatic carbocycles. The first-order valence-electron chi connectivity index (χ1n) is 6.98. The van der Waals surface area contributed by atoms with Crippen LogP contribution in [0.1, 0.15) is 33.6 Å². The van der Waals surface area contributed by atoms with Crippen molar-refractivity contribution in [3.8, 4) is 0 Å². The summed E-state index contributed by atoms with van der Waals surface area (Å²) in [5.74, 6) is 0. The van der Waals surface area contributed by atoms with E-state index in [-0.39, 0.29) is 0 Å². The number of piperazine rings is 1. The molecule has 0 aromatic heterocycles. The molecule has 0 radical (unpaired) electrons. The third kappa shape index (κ3) is 4.40. The van der Waals surface area contributed by atoms with Gasteiger partial charge in [-0.1, -0.05) is 20.8 Å². The predicted octanol–water partition coefficient (Wildman–Crippen LogP) is 1.40. The van der Waals surface area contributed by atoms with E-state index < -0.39 is 0 Å². The molecule has 1 rings (SSSR count). The van der Waals surface area contributed by atoms with Gasteiger partial charge in [0.15, 0.2) is 0 Å². The lowest BCUT2D eigenvalue weighted by Gasteiger charge is -2.39. The highest BCUT2D eigenvalue weighted by atomic mass is 15.3. The zero-order valence-corrected chi connectivity index (χ0v) is 11.3. The van der Waals surface area contributed by atoms with Gasteiger partial charge in [0.25, 0.3) is 0 Å². The summed E-state index contributed by atoms with van der Waals surface area (Å²) < 4.78 is 0. The summed E-state index contributed by atoms with van der Waals surface area (Å²) in [7, 11) is 0. The van der Waals surface area contributed by atoms with E-state index in [1.165, 1.54) is 45.6 Å². The second kappa shape index (κ2) is 8.04. The first kappa shape index (κ1) is 13.9. The predicted molar refractivity (Wildman–Crippen MR) is 70.9 cm³/mol. The minimum absolute atomic E-state index is 0.740. The lowest BCUT2D eigenvalue weighted by atomic mass is 10.1. The number of hydrogen-bond acceptors (Lipinski definition) is 3. The fraction of sp³-hybridized carbons (Fsp3) is 1.00. The maximum absolute atomic E-state index is 3.48. The Morgan fingerprint density at radius 2 is 1.75 bits per heavy atom. The van der Waals surface area contributed by atoms with Crippen molar-refractivity contribution in [3.05, 3.63) is 0 Å². The van der Waals surface area contributed by atoms with E-state index in [0.717, 1.165) is 19.1 Å². The van der Waals surface area contributed by atoms with E-state index in [9.17, 15) is 0 Å². The number of nitrogens with zero attached hydrogens (tertiary/aromatic N) is 2. The minimum Gasteiger partial charge on any atom is -0.315 e. The zero-order chi connectivity index (χ0) is 11.8. The van der Waals surface area contributed by atoms with Crippen LogP contribution in [-0.2, 0) is 0 Å². The van der Waals surface area contributed by atoms with Gasteiger partial charge < -0.3 is 10.2 Å². The second-order valence-corrected chi connectivity index (χ2v) is 4.75. The van der Waals surface area contributed by atoms with Crippen molar-refractivity contribution < 1.29 is 0 Å². The molecule has 0 saturated carbocycles. The fourth-order valence-electron chi connectivity index (χ4n) is 2.51. The Kier molecular flexibility index (Phi) is 7.01. The monoisotopic (exact) mass is 227 g/mol. The standard InChI is InChI=1S/C13H29N3/c1-4-7-15-8-10-16(11-9-15)13(5-2)12-14-6-3/h13-14H,4-12H2,1-3H3. The highest BCUT2D eigenvalue weighted by molar-refractivity contribution is 4.79. The molecule has 0 bridgehead atoms. The molecule has 1 aliphatic rings. The molecule has 0 amide bonds. The molecule has 0 aromatic carbocycles. The minimum atomic E-state index is 0.740. The zero-order valence-electron chi connectivity index (χ0n) is 11.3. The third-order valence-corrected chi connectivity index (χ3v) is 3.56. The summed E-state index contributed by atoms with van der Waals surface area (Å²) in [6.45, 7) is 15.3. The highest BCUT2D eigenvalue weighted by Crippen LogP contribution is 2.09. The molecule has 3 nitrogen and oxygen atoms in total. The quantitative estimate of drug-likeness (QED) is 0.709. The molecule has 0 spiro atoms. The largest absolute Gasteiger partial charge is 0.315 e. The van der Waals surface area contributed by atoms with Crippen LogP contribution in [0.15, 0.2) is 0 Å². The van der Waals surface area contributed by atoms with Crippen molar-refractivity contribution in [1.29, 1.82) is 0 Å². The lowest BCUT2D eigenvalue weighted by Crippen LogP contribution is -2.52. The lowest BCUT2D eigenvalue weighted by molar-refractivity contribution is 0.0936. The van der Waals surface area contributed by atoms with Gasteiger partial charge in [0.1, 0.15) is 0 Å². The highest BCUT2D eigenvalue weighted by Gasteiger charge is 2.21. The summed E-state index contributed by atoms with van der Waals surface area (Å²) in [5.41, 5.74) is 0. The van der Waals surface area contributed by atoms with Crippen molar-refractivity contribution in [2.75, 3.05) is 45.8 Å². The van der Waals surface area contributed by atoms with Crippen LogP contribution in [0.2, 0.25) is 0 Å². The van der Waals surface area contributed by atoms with Crippen molar-refractivity contribution in [2.45, 2.75) is 39.7 Å². The van der Waals surface area contributed by atoms with E-state index >= 15 is 0 Å². The average molecular weight is 227 g/mol. The molecule has 1 fully saturated rings. The molecule has 0 aromatic rings. The molecule has 1 unspecified atom stereocenters. The van der Waals surface area contributed by atoms with Crippen molar-refractivity contribution >= 4 is 0 Å². The summed E-state index contributed by atoms with van der Waals surface area (Å²) in [6, 6.07) is 0.740. The number of hydrogen-bond donors (Lipinski definition) is 1. The Labute approximate surface area is 101 Å². The Hall–Kier alpha value is -0.120. The van der Waals surface area contributed by atoms with E-state index in [2.05, 4.69) is 35.9 Å². The molecule has 3 heteroatoms. The fourth-order valence-corrected chi connectivity index (χ4v) is 2.51. The van der Waals surface area contributed by atoms with Gasteiger partial charge >= 0.3 is 0 Å². The van der Waals surface area contributed by atoms with Crippen LogP contribution in [0.3, 0.4) is 0 Å². The van der Waals surface area contributed by atoms with E-state index in [4.69, 9.17) is 0 Å². The number of nitrogens with one attached hydrogen (secondary N) is 1. The van der Waals surface area contributed by atoms with Gasteiger partial charge in [-0.05, 0) is 25.9 Å². The molecule has 1 atom stereocenters. The van der Waals surface area contributed by atoms with Crippen LogP contribution in [0, 0.1) is 0 Å². The maximum atomic E-state index is 3.48. The van der Waals surface area contributed by atoms with Gasteiger partial charge in [-0.3, -0.25) is 4.90 Å². The van der Waals surface area contributed by atoms with Crippen LogP contribution in [0.5, 0.6) is 0 Å². The Balaban J connectivity index is 2.27. The molecular formula is C13H29N3. The molecule has 96 valence electrons. The summed E-state index contributed by atoms with van der Waals surface area (Å²) in [4.78, 5) is 5.26. The Morgan fingerprint density at radius 3 is 2.25 bits per heavy atom. The van der Waals surface area contributed by atoms with Crippen molar-refractivity contribution in [3.63, 3.8) is 0 Å². The van der Waals surface area contributed by atoms with Crippen LogP contribution >= 0.6 is 0 Å². The van der Waals surface area contributed by atoms with Crippen LogP contribution < -0.4 is 5.32 Å². The molecule has 16 heavy (non-hydrogen) atoms. The molecule has 1 aliphatic heterocycles. The second-order valence-electron chi connectivity index (χ2n) is 4.75. The van der Waals surface area contributed by atoms with Crippen LogP contribution in [0.25, 0.3) is 0 Å². The van der Waals surface area contributed by atoms with Crippen molar-refractivity contribution in [2.24, 2.45) is 0 Å². The van der Waals surface area contributed by atoms with Gasteiger partial charge in [0, 0.05) is 38.8 Å². The first-order valence-corrected chi connectivity index (χ1v) is 6.98. The van der Waals surface area contributed by atoms with E-state index in [1.807, 2.05) is 0 Å². The van der Waals surface area contributed by atoms with Crippen LogP contribution in [0.4, 0.5) is 0 Å². The SMILES string of the molecule is CCCN1CCN(C(CC)CNCC)CC1. The maximum Gasteiger partial charge on any atom is 0.0219 e. The first-order chi connectivity index (χ1) is 7.81. The summed E-state index contributed by atoms with van der Waals surface area (Å²) in [6.07, 6.45) is 2.55. The summed E-state index contributed by atoms with van der Waals surface area (Å²) in [5, 5.41) is 3.48. The van der Waals surface area contributed by atoms with Crippen molar-refractivity contribution in [1.82, 2.24) is 15.1 Å². The molecular weight excluding hydrogens is 198 g/mol. The number of rotatable bonds is 7. The van der Waals surface area contributed by atoms with Gasteiger partial charge in [-0.15, -0.1) is 0 Å². The summed E-state index contributed by atoms with van der Waals surface area (Å²) >= 11 is 0. The van der Waals surface area contributed by atoms with E-state index in [1.54, 1.807) is 0 Å². The van der Waals surface area contributed by atoms with Crippen LogP contribution in [-0.4, -0.2) is 61.7 Å². The molecule has 1 heterocycles. The van der Waals surface area contributed by atoms with Gasteiger partial charge in [-0.2, -0.15) is 0 Å². The molecule has 1 saturated heterocycles. The topological polar surface area (TPSA) is 18.5 Å². The van der Waals surface area contributed by atoms with Gasteiger partial charge in [0.05, 0.1) is 0 Å². The third-order valence-electron chi connectivity index (χ3n) is 3.56. The number of likely N-dealkylation sites (N-methyl/N-ethyl adjacent to an activating group) is 1. The van der Waals surface area contributed by atoms with E-state index in [0.29, 0.717) is 0 Å². The van der Waals surface area contributed by atoms with Gasteiger partial charge in [-0.25, -0.2) is 0 Å². The Morgan fingerprint density at radius 1 is 1.06 bits per heavy atom. The molecule has 1 N–H and O–H groups in total. The normalized spacial score (nSPS) is 21.2. The van der Waals surface area contributed by atoms with Gasteiger partial charge in [0.2, 0.25) is 0 Å². The average Bonchev–Trinajstić information content (AvgIpc) is 2.32. The Bertz CT molecular complexity index is 165.